The van der Waals surface area contributed by atoms with Gasteiger partial charge in [-0.05, 0) is 47.1 Å². The normalized spacial score (nSPS) is 14.1. The van der Waals surface area contributed by atoms with Gasteiger partial charge in [-0.15, -0.1) is 0 Å². The molecule has 0 radical (unpaired) electrons. The molecule has 0 aliphatic heterocycles. The number of amides is 1. The van der Waals surface area contributed by atoms with Gasteiger partial charge < -0.3 is 14.8 Å². The van der Waals surface area contributed by atoms with Gasteiger partial charge in [0.2, 0.25) is 0 Å². The molecule has 2 atom stereocenters. The maximum absolute atomic E-state index is 12.9. The average Bonchev–Trinajstić information content (AvgIpc) is 3.16. The minimum absolute atomic E-state index is 0.0598. The third-order valence-corrected chi connectivity index (χ3v) is 6.21. The van der Waals surface area contributed by atoms with Crippen LogP contribution in [0.5, 0.6) is 0 Å². The number of carbonyl (C=O) groups excluding carboxylic acids is 2. The van der Waals surface area contributed by atoms with E-state index in [2.05, 4.69) is 29.6 Å². The minimum atomic E-state index is -0.915. The molecule has 0 saturated carbocycles. The topological polar surface area (TPSA) is 64.6 Å². The molecule has 3 aromatic carbocycles. The van der Waals surface area contributed by atoms with E-state index in [0.717, 1.165) is 27.8 Å². The highest BCUT2D eigenvalue weighted by Crippen LogP contribution is 2.44. The van der Waals surface area contributed by atoms with Crippen molar-refractivity contribution in [3.63, 3.8) is 0 Å². The largest absolute Gasteiger partial charge is 0.509 e. The zero-order valence-corrected chi connectivity index (χ0v) is 19.9. The first-order chi connectivity index (χ1) is 16.4. The first-order valence-corrected chi connectivity index (χ1v) is 11.8. The molecule has 34 heavy (non-hydrogen) atoms. The number of carbonyl (C=O) groups is 2. The predicted molar refractivity (Wildman–Crippen MR) is 132 cm³/mol. The lowest BCUT2D eigenvalue weighted by Crippen LogP contribution is -2.40. The van der Waals surface area contributed by atoms with Crippen molar-refractivity contribution in [2.75, 3.05) is 6.61 Å². The van der Waals surface area contributed by atoms with Crippen molar-refractivity contribution in [2.45, 2.75) is 45.3 Å². The Labute approximate surface area is 201 Å². The van der Waals surface area contributed by atoms with Crippen LogP contribution in [-0.2, 0) is 14.3 Å². The van der Waals surface area contributed by atoms with Crippen molar-refractivity contribution in [3.05, 3.63) is 95.6 Å². The molecule has 5 heteroatoms. The quantitative estimate of drug-likeness (QED) is 0.407. The zero-order chi connectivity index (χ0) is 24.1. The van der Waals surface area contributed by atoms with Crippen LogP contribution in [0, 0.1) is 5.92 Å². The number of hydrogen-bond donors (Lipinski definition) is 1. The van der Waals surface area contributed by atoms with Crippen LogP contribution in [0.2, 0.25) is 0 Å². The van der Waals surface area contributed by atoms with Gasteiger partial charge in [-0.1, -0.05) is 92.7 Å². The second-order valence-electron chi connectivity index (χ2n) is 9.17. The van der Waals surface area contributed by atoms with Crippen LogP contribution < -0.4 is 5.32 Å². The molecule has 0 heterocycles. The highest BCUT2D eigenvalue weighted by atomic mass is 16.7. The number of nitrogens with one attached hydrogen (secondary N) is 1. The van der Waals surface area contributed by atoms with Gasteiger partial charge >= 0.3 is 6.16 Å². The van der Waals surface area contributed by atoms with Crippen LogP contribution in [0.15, 0.2) is 78.9 Å². The fraction of sp³-hybridized carbons (Fsp3) is 0.310. The summed E-state index contributed by atoms with van der Waals surface area (Å²) < 4.78 is 11.1. The molecule has 0 aromatic heterocycles. The van der Waals surface area contributed by atoms with E-state index in [-0.39, 0.29) is 30.4 Å². The predicted octanol–water partition coefficient (Wildman–Crippen LogP) is 6.24. The Hall–Kier alpha value is -3.60. The molecule has 1 N–H and O–H groups in total. The van der Waals surface area contributed by atoms with E-state index in [1.807, 2.05) is 75.4 Å². The molecule has 176 valence electrons. The van der Waals surface area contributed by atoms with E-state index < -0.39 is 12.3 Å². The Morgan fingerprint density at radius 3 is 1.97 bits per heavy atom. The van der Waals surface area contributed by atoms with Gasteiger partial charge in [0.15, 0.2) is 6.10 Å². The Balaban J connectivity index is 1.40. The minimum Gasteiger partial charge on any atom is -0.433 e. The van der Waals surface area contributed by atoms with E-state index in [0.29, 0.717) is 6.42 Å². The van der Waals surface area contributed by atoms with E-state index in [9.17, 15) is 9.59 Å². The standard InChI is InChI=1S/C29H31NO4/c1-19(2)17-27(28(31)30-20(3)21-11-5-4-6-12-21)34-29(32)33-18-26-24-15-9-7-13-22(24)23-14-8-10-16-25(23)26/h4-16,19-20,26-27H,17-18H2,1-3H3,(H,30,31)/t20-,27-/m0/s1. The molecule has 0 unspecified atom stereocenters. The maximum Gasteiger partial charge on any atom is 0.509 e. The van der Waals surface area contributed by atoms with Crippen molar-refractivity contribution < 1.29 is 19.1 Å². The summed E-state index contributed by atoms with van der Waals surface area (Å²) in [6.45, 7) is 6.04. The van der Waals surface area contributed by atoms with Gasteiger partial charge in [0.25, 0.3) is 5.91 Å². The molecule has 0 saturated heterocycles. The summed E-state index contributed by atoms with van der Waals surface area (Å²) >= 11 is 0. The van der Waals surface area contributed by atoms with Gasteiger partial charge in [-0.2, -0.15) is 0 Å². The van der Waals surface area contributed by atoms with Crippen molar-refractivity contribution in [2.24, 2.45) is 5.92 Å². The molecule has 0 bridgehead atoms. The zero-order valence-electron chi connectivity index (χ0n) is 19.9. The van der Waals surface area contributed by atoms with Crippen molar-refractivity contribution >= 4 is 12.1 Å². The monoisotopic (exact) mass is 457 g/mol. The Morgan fingerprint density at radius 2 is 1.38 bits per heavy atom. The highest BCUT2D eigenvalue weighted by Gasteiger charge is 2.31. The van der Waals surface area contributed by atoms with Gasteiger partial charge in [0.1, 0.15) is 6.61 Å². The van der Waals surface area contributed by atoms with Gasteiger partial charge in [0.05, 0.1) is 6.04 Å². The molecule has 1 aliphatic carbocycles. The lowest BCUT2D eigenvalue weighted by molar-refractivity contribution is -0.132. The van der Waals surface area contributed by atoms with Gasteiger partial charge in [-0.25, -0.2) is 4.79 Å². The second-order valence-corrected chi connectivity index (χ2v) is 9.17. The van der Waals surface area contributed by atoms with Gasteiger partial charge in [-0.3, -0.25) is 4.79 Å². The first-order valence-electron chi connectivity index (χ1n) is 11.8. The number of hydrogen-bond acceptors (Lipinski definition) is 4. The third-order valence-electron chi connectivity index (χ3n) is 6.21. The fourth-order valence-corrected chi connectivity index (χ4v) is 4.51. The lowest BCUT2D eigenvalue weighted by atomic mass is 9.98. The second kappa shape index (κ2) is 10.6. The third kappa shape index (κ3) is 5.30. The molecule has 0 spiro atoms. The van der Waals surface area contributed by atoms with Crippen LogP contribution >= 0.6 is 0 Å². The Bertz CT molecular complexity index is 1100. The van der Waals surface area contributed by atoms with Crippen molar-refractivity contribution in [1.29, 1.82) is 0 Å². The van der Waals surface area contributed by atoms with Crippen LogP contribution in [0.25, 0.3) is 11.1 Å². The molecule has 0 fully saturated rings. The summed E-state index contributed by atoms with van der Waals surface area (Å²) in [7, 11) is 0. The first kappa shape index (κ1) is 23.6. The molecule has 1 amide bonds. The summed E-state index contributed by atoms with van der Waals surface area (Å²) in [5.74, 6) is -0.210. The number of benzene rings is 3. The Morgan fingerprint density at radius 1 is 0.824 bits per heavy atom. The van der Waals surface area contributed by atoms with Crippen LogP contribution in [0.4, 0.5) is 4.79 Å². The van der Waals surface area contributed by atoms with Crippen LogP contribution in [-0.4, -0.2) is 24.8 Å². The Kier molecular flexibility index (Phi) is 7.31. The highest BCUT2D eigenvalue weighted by molar-refractivity contribution is 5.83. The van der Waals surface area contributed by atoms with E-state index in [1.54, 1.807) is 0 Å². The summed E-state index contributed by atoms with van der Waals surface area (Å²) in [6.07, 6.45) is -1.32. The molecule has 3 aromatic rings. The molecule has 4 rings (SSSR count). The fourth-order valence-electron chi connectivity index (χ4n) is 4.51. The summed E-state index contributed by atoms with van der Waals surface area (Å²) in [5, 5.41) is 2.96. The van der Waals surface area contributed by atoms with Crippen LogP contribution in [0.3, 0.4) is 0 Å². The average molecular weight is 458 g/mol. The number of rotatable bonds is 8. The SMILES string of the molecule is CC(C)C[C@H](OC(=O)OCC1c2ccccc2-c2ccccc21)C(=O)N[C@@H](C)c1ccccc1. The van der Waals surface area contributed by atoms with Crippen LogP contribution in [0.1, 0.15) is 55.8 Å². The van der Waals surface area contributed by atoms with Crippen molar-refractivity contribution in [3.8, 4) is 11.1 Å². The van der Waals surface area contributed by atoms with E-state index in [1.165, 1.54) is 0 Å². The summed E-state index contributed by atoms with van der Waals surface area (Å²) in [5.41, 5.74) is 5.56. The van der Waals surface area contributed by atoms with E-state index >= 15 is 0 Å². The van der Waals surface area contributed by atoms with Crippen molar-refractivity contribution in [1.82, 2.24) is 5.32 Å². The lowest BCUT2D eigenvalue weighted by Gasteiger charge is -2.22. The molecule has 1 aliphatic rings. The number of ether oxygens (including phenoxy) is 2. The maximum atomic E-state index is 12.9. The molecular formula is C29H31NO4. The number of fused-ring (bicyclic) bond motifs is 3. The molecular weight excluding hydrogens is 426 g/mol. The summed E-state index contributed by atoms with van der Waals surface area (Å²) in [6, 6.07) is 25.8. The van der Waals surface area contributed by atoms with E-state index in [4.69, 9.17) is 9.47 Å². The molecule has 5 nitrogen and oxygen atoms in total. The smallest absolute Gasteiger partial charge is 0.433 e. The summed E-state index contributed by atoms with van der Waals surface area (Å²) in [4.78, 5) is 25.6. The van der Waals surface area contributed by atoms with Gasteiger partial charge in [0, 0.05) is 5.92 Å².